The predicted octanol–water partition coefficient (Wildman–Crippen LogP) is 3.28. The molecule has 2 fully saturated rings. The van der Waals surface area contributed by atoms with Crippen molar-refractivity contribution in [3.05, 3.63) is 48.0 Å². The molecule has 1 aromatic carbocycles. The van der Waals surface area contributed by atoms with E-state index in [1.54, 1.807) is 79.6 Å². The van der Waals surface area contributed by atoms with Crippen LogP contribution in [-0.2, 0) is 36.9 Å². The summed E-state index contributed by atoms with van der Waals surface area (Å²) in [4.78, 5) is 27.5. The second kappa shape index (κ2) is 15.2. The molecule has 2 aliphatic rings. The number of hydrogen-bond donors (Lipinski definition) is 1. The van der Waals surface area contributed by atoms with Crippen LogP contribution in [0.2, 0.25) is 5.02 Å². The molecule has 0 bridgehead atoms. The maximum atomic E-state index is 12.6. The SMILES string of the molecule is C[C@@H]1CN(S(=O)(=O)Nc2cccc(Cl)c2)CCN1C(=O)OC(C)(C)C.C[C@@H]1CN(S(=O)(=O)n2cc[n+](C)c2)CCN1C(=O)OC(C)(C)C. The van der Waals surface area contributed by atoms with Gasteiger partial charge >= 0.3 is 32.6 Å². The molecular weight excluding hydrogens is 686 g/mol. The van der Waals surface area contributed by atoms with E-state index in [1.807, 2.05) is 27.7 Å². The number of carbonyl (C=O) groups excluding carboxylic acids is 2. The molecule has 2 amide bonds. The zero-order chi connectivity index (χ0) is 36.2. The van der Waals surface area contributed by atoms with Gasteiger partial charge in [0.1, 0.15) is 23.6 Å². The van der Waals surface area contributed by atoms with Gasteiger partial charge in [-0.2, -0.15) is 25.4 Å². The van der Waals surface area contributed by atoms with E-state index in [4.69, 9.17) is 21.1 Å². The highest BCUT2D eigenvalue weighted by Crippen LogP contribution is 2.21. The smallest absolute Gasteiger partial charge is 0.410 e. The lowest BCUT2D eigenvalue weighted by Crippen LogP contribution is -2.57. The van der Waals surface area contributed by atoms with Crippen molar-refractivity contribution in [3.8, 4) is 0 Å². The average molecular weight is 735 g/mol. The zero-order valence-corrected chi connectivity index (χ0v) is 31.5. The number of aryl methyl sites for hydroxylation is 1. The highest BCUT2D eigenvalue weighted by molar-refractivity contribution is 7.90. The number of amides is 2. The van der Waals surface area contributed by atoms with Crippen molar-refractivity contribution >= 4 is 49.9 Å². The van der Waals surface area contributed by atoms with Gasteiger partial charge in [-0.25, -0.2) is 14.2 Å². The third-order valence-corrected chi connectivity index (χ3v) is 10.7. The number of carbonyl (C=O) groups is 2. The summed E-state index contributed by atoms with van der Waals surface area (Å²) in [6.07, 6.45) is 3.83. The number of ether oxygens (including phenoxy) is 2. The number of anilines is 1. The van der Waals surface area contributed by atoms with Crippen LogP contribution in [0, 0.1) is 0 Å². The number of benzene rings is 1. The van der Waals surface area contributed by atoms with Gasteiger partial charge in [0.15, 0.2) is 0 Å². The highest BCUT2D eigenvalue weighted by Gasteiger charge is 2.38. The van der Waals surface area contributed by atoms with Crippen LogP contribution in [0.3, 0.4) is 0 Å². The molecule has 4 rings (SSSR count). The fraction of sp³-hybridized carbons (Fsp3) is 0.633. The van der Waals surface area contributed by atoms with Crippen LogP contribution in [-0.4, -0.2) is 114 Å². The minimum Gasteiger partial charge on any atom is -0.444 e. The topological polar surface area (TPSA) is 155 Å². The van der Waals surface area contributed by atoms with Crippen LogP contribution in [0.4, 0.5) is 15.3 Å². The molecule has 1 aromatic heterocycles. The standard InChI is InChI=1S/C16H24ClN3O4S.C14H25N4O4S/c1-12-11-19(8-9-20(12)15(21)24-16(2,3)4)25(22,23)18-14-7-5-6-13(17)10-14;1-12-10-16(23(20,21)17-7-6-15(5)11-17)8-9-18(12)13(19)22-14(2,3)4/h5-7,10,12,18H,8-9,11H2,1-4H3;6-7,11-12H,8-10H2,1-5H3/q;+1/t2*12-/m11/s1. The summed E-state index contributed by atoms with van der Waals surface area (Å²) in [5.74, 6) is 0. The molecule has 18 heteroatoms. The van der Waals surface area contributed by atoms with Crippen LogP contribution in [0.1, 0.15) is 55.4 Å². The first-order valence-corrected chi connectivity index (χ1v) is 18.8. The molecule has 0 aliphatic carbocycles. The summed E-state index contributed by atoms with van der Waals surface area (Å²) in [6.45, 7) is 15.9. The van der Waals surface area contributed by atoms with Crippen LogP contribution in [0.25, 0.3) is 0 Å². The monoisotopic (exact) mass is 734 g/mol. The number of halogens is 1. The van der Waals surface area contributed by atoms with Gasteiger partial charge in [0.25, 0.3) is 6.33 Å². The van der Waals surface area contributed by atoms with Crippen molar-refractivity contribution in [2.75, 3.05) is 44.0 Å². The Labute approximate surface area is 289 Å². The summed E-state index contributed by atoms with van der Waals surface area (Å²) in [7, 11) is -5.57. The number of piperazine rings is 2. The van der Waals surface area contributed by atoms with Gasteiger partial charge in [0, 0.05) is 56.4 Å². The first kappa shape index (κ1) is 39.3. The maximum absolute atomic E-state index is 12.6. The molecule has 2 saturated heterocycles. The molecule has 0 radical (unpaired) electrons. The third-order valence-electron chi connectivity index (χ3n) is 7.19. The lowest BCUT2D eigenvalue weighted by Gasteiger charge is -2.39. The molecule has 3 heterocycles. The van der Waals surface area contributed by atoms with E-state index in [2.05, 4.69) is 4.72 Å². The van der Waals surface area contributed by atoms with Gasteiger partial charge in [-0.1, -0.05) is 17.7 Å². The van der Waals surface area contributed by atoms with Crippen LogP contribution in [0.5, 0.6) is 0 Å². The molecule has 2 aliphatic heterocycles. The number of nitrogens with zero attached hydrogens (tertiary/aromatic N) is 6. The number of rotatable bonds is 5. The summed E-state index contributed by atoms with van der Waals surface area (Å²) in [6, 6.07) is 5.96. The normalized spacial score (nSPS) is 20.0. The fourth-order valence-corrected chi connectivity index (χ4v) is 7.86. The van der Waals surface area contributed by atoms with Crippen molar-refractivity contribution < 1.29 is 40.5 Å². The number of imidazole rings is 1. The largest absolute Gasteiger partial charge is 0.444 e. The van der Waals surface area contributed by atoms with Crippen LogP contribution < -0.4 is 9.29 Å². The second-order valence-corrected chi connectivity index (χ2v) is 17.7. The van der Waals surface area contributed by atoms with E-state index in [9.17, 15) is 26.4 Å². The molecule has 0 unspecified atom stereocenters. The molecule has 2 aromatic rings. The Morgan fingerprint density at radius 3 is 1.79 bits per heavy atom. The van der Waals surface area contributed by atoms with Gasteiger partial charge in [-0.3, -0.25) is 4.72 Å². The Bertz CT molecular complexity index is 1660. The predicted molar refractivity (Wildman–Crippen MR) is 182 cm³/mol. The Balaban J connectivity index is 0.000000261. The van der Waals surface area contributed by atoms with Crippen molar-refractivity contribution in [2.24, 2.45) is 7.05 Å². The first-order valence-electron chi connectivity index (χ1n) is 15.5. The lowest BCUT2D eigenvalue weighted by atomic mass is 10.2. The van der Waals surface area contributed by atoms with Crippen LogP contribution in [0.15, 0.2) is 43.0 Å². The number of nitrogens with one attached hydrogen (secondary N) is 1. The van der Waals surface area contributed by atoms with Crippen molar-refractivity contribution in [1.82, 2.24) is 22.4 Å². The van der Waals surface area contributed by atoms with Crippen LogP contribution >= 0.6 is 11.6 Å². The summed E-state index contributed by atoms with van der Waals surface area (Å²) < 4.78 is 69.1. The van der Waals surface area contributed by atoms with E-state index in [0.29, 0.717) is 17.3 Å². The van der Waals surface area contributed by atoms with Gasteiger partial charge in [-0.05, 0) is 73.6 Å². The summed E-state index contributed by atoms with van der Waals surface area (Å²) in [5, 5.41) is 0.448. The van der Waals surface area contributed by atoms with Gasteiger partial charge < -0.3 is 19.3 Å². The van der Waals surface area contributed by atoms with Crippen molar-refractivity contribution in [3.63, 3.8) is 0 Å². The van der Waals surface area contributed by atoms with E-state index in [1.165, 1.54) is 25.1 Å². The summed E-state index contributed by atoms with van der Waals surface area (Å²) >= 11 is 5.88. The second-order valence-electron chi connectivity index (χ2n) is 13.8. The van der Waals surface area contributed by atoms with E-state index >= 15 is 0 Å². The molecule has 0 saturated carbocycles. The minimum atomic E-state index is -3.72. The molecule has 48 heavy (non-hydrogen) atoms. The quantitative estimate of drug-likeness (QED) is 0.460. The molecule has 2 atom stereocenters. The van der Waals surface area contributed by atoms with Crippen molar-refractivity contribution in [1.29, 1.82) is 0 Å². The van der Waals surface area contributed by atoms with Gasteiger partial charge in [0.2, 0.25) is 0 Å². The molecule has 15 nitrogen and oxygen atoms in total. The Hall–Kier alpha value is -3.12. The summed E-state index contributed by atoms with van der Waals surface area (Å²) in [5.41, 5.74) is -0.761. The fourth-order valence-electron chi connectivity index (χ4n) is 4.92. The van der Waals surface area contributed by atoms with E-state index in [0.717, 1.165) is 0 Å². The van der Waals surface area contributed by atoms with Crippen molar-refractivity contribution in [2.45, 2.75) is 78.7 Å². The average Bonchev–Trinajstić information content (AvgIpc) is 3.38. The third kappa shape index (κ3) is 10.9. The van der Waals surface area contributed by atoms with E-state index in [-0.39, 0.29) is 44.8 Å². The molecule has 1 N–H and O–H groups in total. The Morgan fingerprint density at radius 1 is 0.854 bits per heavy atom. The Morgan fingerprint density at radius 2 is 1.35 bits per heavy atom. The van der Waals surface area contributed by atoms with Gasteiger partial charge in [0.05, 0.1) is 12.7 Å². The first-order chi connectivity index (χ1) is 22.0. The molecular formula is C30H49ClN7O8S2+. The zero-order valence-electron chi connectivity index (χ0n) is 29.1. The number of hydrogen-bond acceptors (Lipinski definition) is 8. The highest BCUT2D eigenvalue weighted by atomic mass is 35.5. The number of aromatic nitrogens is 2. The lowest BCUT2D eigenvalue weighted by molar-refractivity contribution is -0.670. The molecule has 0 spiro atoms. The minimum absolute atomic E-state index is 0.190. The maximum Gasteiger partial charge on any atom is 0.410 e. The van der Waals surface area contributed by atoms with Gasteiger partial charge in [-0.15, -0.1) is 3.97 Å². The Kier molecular flexibility index (Phi) is 12.4. The molecule has 270 valence electrons. The van der Waals surface area contributed by atoms with E-state index < -0.39 is 43.8 Å².